The second-order valence-electron chi connectivity index (χ2n) is 5.13. The monoisotopic (exact) mass is 306 g/mol. The van der Waals surface area contributed by atoms with Gasteiger partial charge < -0.3 is 11.1 Å². The summed E-state index contributed by atoms with van der Waals surface area (Å²) in [5.74, 6) is -0.321. The van der Waals surface area contributed by atoms with Crippen LogP contribution in [0, 0.1) is 0 Å². The van der Waals surface area contributed by atoms with Crippen molar-refractivity contribution in [1.29, 1.82) is 0 Å². The number of hydrogen-bond acceptors (Lipinski definition) is 3. The molecule has 1 fully saturated rings. The third-order valence-corrected chi connectivity index (χ3v) is 3.72. The van der Waals surface area contributed by atoms with Crippen molar-refractivity contribution in [3.8, 4) is 0 Å². The molecule has 0 atom stereocenters. The van der Waals surface area contributed by atoms with Crippen LogP contribution in [0.25, 0.3) is 0 Å². The molecule has 0 radical (unpaired) electrons. The SMILES string of the molecule is Nc1ccc(Cl)c(NC(=O)Cn2ccn(C3CC3)c2=O)c1. The Labute approximate surface area is 126 Å². The minimum Gasteiger partial charge on any atom is -0.399 e. The Hall–Kier alpha value is -2.21. The fourth-order valence-electron chi connectivity index (χ4n) is 2.16. The van der Waals surface area contributed by atoms with E-state index in [-0.39, 0.29) is 18.1 Å². The number of nitrogens with one attached hydrogen (secondary N) is 1. The van der Waals surface area contributed by atoms with E-state index in [0.717, 1.165) is 12.8 Å². The van der Waals surface area contributed by atoms with Crippen molar-refractivity contribution in [3.63, 3.8) is 0 Å². The lowest BCUT2D eigenvalue weighted by atomic mass is 10.3. The van der Waals surface area contributed by atoms with Gasteiger partial charge in [0.25, 0.3) is 0 Å². The molecule has 0 spiro atoms. The summed E-state index contributed by atoms with van der Waals surface area (Å²) in [6.45, 7) is -0.0519. The molecule has 1 aromatic heterocycles. The van der Waals surface area contributed by atoms with E-state index in [0.29, 0.717) is 22.4 Å². The molecule has 0 unspecified atom stereocenters. The van der Waals surface area contributed by atoms with Gasteiger partial charge in [0.1, 0.15) is 6.54 Å². The molecule has 0 aliphatic heterocycles. The van der Waals surface area contributed by atoms with E-state index in [2.05, 4.69) is 5.32 Å². The van der Waals surface area contributed by atoms with Crippen LogP contribution in [0.3, 0.4) is 0 Å². The number of rotatable bonds is 4. The van der Waals surface area contributed by atoms with E-state index < -0.39 is 0 Å². The second-order valence-corrected chi connectivity index (χ2v) is 5.54. The van der Waals surface area contributed by atoms with Crippen LogP contribution in [-0.2, 0) is 11.3 Å². The lowest BCUT2D eigenvalue weighted by Gasteiger charge is -2.08. The zero-order chi connectivity index (χ0) is 15.0. The maximum Gasteiger partial charge on any atom is 0.328 e. The Bertz CT molecular complexity index is 746. The second kappa shape index (κ2) is 5.29. The molecule has 3 rings (SSSR count). The average molecular weight is 307 g/mol. The van der Waals surface area contributed by atoms with Crippen molar-refractivity contribution in [1.82, 2.24) is 9.13 Å². The van der Waals surface area contributed by atoms with Gasteiger partial charge in [0, 0.05) is 24.1 Å². The van der Waals surface area contributed by atoms with Crippen molar-refractivity contribution < 1.29 is 4.79 Å². The van der Waals surface area contributed by atoms with Crippen LogP contribution in [-0.4, -0.2) is 15.0 Å². The summed E-state index contributed by atoms with van der Waals surface area (Å²) >= 11 is 5.99. The van der Waals surface area contributed by atoms with Crippen LogP contribution in [0.2, 0.25) is 5.02 Å². The molecule has 3 N–H and O–H groups in total. The van der Waals surface area contributed by atoms with E-state index >= 15 is 0 Å². The number of benzene rings is 1. The summed E-state index contributed by atoms with van der Waals surface area (Å²) in [5.41, 5.74) is 6.44. The molecular formula is C14H15ClN4O2. The van der Waals surface area contributed by atoms with Gasteiger partial charge in [-0.05, 0) is 31.0 Å². The highest BCUT2D eigenvalue weighted by Crippen LogP contribution is 2.33. The molecule has 1 aliphatic rings. The number of hydrogen-bond donors (Lipinski definition) is 2. The van der Waals surface area contributed by atoms with Gasteiger partial charge in [0.2, 0.25) is 5.91 Å². The van der Waals surface area contributed by atoms with Gasteiger partial charge in [0.05, 0.1) is 10.7 Å². The number of anilines is 2. The molecule has 1 saturated carbocycles. The topological polar surface area (TPSA) is 82.0 Å². The smallest absolute Gasteiger partial charge is 0.328 e. The summed E-state index contributed by atoms with van der Waals surface area (Å²) in [7, 11) is 0. The van der Waals surface area contributed by atoms with Gasteiger partial charge in [-0.3, -0.25) is 13.9 Å². The first-order chi connectivity index (χ1) is 10.0. The maximum atomic E-state index is 12.1. The van der Waals surface area contributed by atoms with E-state index in [1.54, 1.807) is 35.2 Å². The third-order valence-electron chi connectivity index (χ3n) is 3.39. The standard InChI is InChI=1S/C14H15ClN4O2/c15-11-4-1-9(16)7-12(11)17-13(20)8-18-5-6-19(14(18)21)10-2-3-10/h1,4-7,10H,2-3,8,16H2,(H,17,20). The number of carbonyl (C=O) groups is 1. The van der Waals surface area contributed by atoms with Crippen molar-refractivity contribution in [3.05, 3.63) is 46.1 Å². The van der Waals surface area contributed by atoms with Crippen LogP contribution in [0.4, 0.5) is 11.4 Å². The Morgan fingerprint density at radius 1 is 1.38 bits per heavy atom. The van der Waals surface area contributed by atoms with Crippen molar-refractivity contribution in [2.75, 3.05) is 11.1 Å². The van der Waals surface area contributed by atoms with E-state index in [9.17, 15) is 9.59 Å². The normalized spacial score (nSPS) is 14.1. The van der Waals surface area contributed by atoms with Crippen LogP contribution < -0.4 is 16.7 Å². The summed E-state index contributed by atoms with van der Waals surface area (Å²) in [6.07, 6.45) is 5.39. The summed E-state index contributed by atoms with van der Waals surface area (Å²) in [6, 6.07) is 5.14. The highest BCUT2D eigenvalue weighted by molar-refractivity contribution is 6.33. The molecule has 0 saturated heterocycles. The number of amides is 1. The van der Waals surface area contributed by atoms with Crippen molar-refractivity contribution >= 4 is 28.9 Å². The fraction of sp³-hybridized carbons (Fsp3) is 0.286. The minimum absolute atomic E-state index is 0.0519. The predicted molar refractivity (Wildman–Crippen MR) is 81.5 cm³/mol. The Balaban J connectivity index is 1.72. The van der Waals surface area contributed by atoms with Crippen molar-refractivity contribution in [2.45, 2.75) is 25.4 Å². The van der Waals surface area contributed by atoms with Gasteiger partial charge in [-0.15, -0.1) is 0 Å². The summed E-state index contributed by atoms with van der Waals surface area (Å²) in [4.78, 5) is 24.1. The lowest BCUT2D eigenvalue weighted by Crippen LogP contribution is -2.28. The quantitative estimate of drug-likeness (QED) is 0.846. The van der Waals surface area contributed by atoms with Crippen LogP contribution >= 0.6 is 11.6 Å². The number of nitrogen functional groups attached to an aromatic ring is 1. The fourth-order valence-corrected chi connectivity index (χ4v) is 2.33. The molecule has 1 aromatic carbocycles. The average Bonchev–Trinajstić information content (AvgIpc) is 3.21. The molecule has 0 bridgehead atoms. The number of nitrogens with two attached hydrogens (primary N) is 1. The van der Waals surface area contributed by atoms with E-state index in [1.165, 1.54) is 4.57 Å². The molecule has 2 aromatic rings. The number of imidazole rings is 1. The highest BCUT2D eigenvalue weighted by Gasteiger charge is 2.25. The molecule has 7 heteroatoms. The zero-order valence-corrected chi connectivity index (χ0v) is 12.0. The van der Waals surface area contributed by atoms with Gasteiger partial charge in [-0.1, -0.05) is 11.6 Å². The van der Waals surface area contributed by atoms with E-state index in [1.807, 2.05) is 0 Å². The first kappa shape index (κ1) is 13.8. The Morgan fingerprint density at radius 3 is 2.86 bits per heavy atom. The zero-order valence-electron chi connectivity index (χ0n) is 11.3. The molecule has 6 nitrogen and oxygen atoms in total. The number of aromatic nitrogens is 2. The van der Waals surface area contributed by atoms with Gasteiger partial charge >= 0.3 is 5.69 Å². The van der Waals surface area contributed by atoms with Crippen LogP contribution in [0.15, 0.2) is 35.4 Å². The summed E-state index contributed by atoms with van der Waals surface area (Å²) in [5, 5.41) is 3.06. The van der Waals surface area contributed by atoms with Gasteiger partial charge in [0.15, 0.2) is 0 Å². The molecule has 110 valence electrons. The first-order valence-electron chi connectivity index (χ1n) is 6.67. The molecular weight excluding hydrogens is 292 g/mol. The number of nitrogens with zero attached hydrogens (tertiary/aromatic N) is 2. The predicted octanol–water partition coefficient (Wildman–Crippen LogP) is 1.86. The van der Waals surface area contributed by atoms with Gasteiger partial charge in [-0.25, -0.2) is 4.79 Å². The minimum atomic E-state index is -0.321. The summed E-state index contributed by atoms with van der Waals surface area (Å²) < 4.78 is 3.05. The van der Waals surface area contributed by atoms with E-state index in [4.69, 9.17) is 17.3 Å². The maximum absolute atomic E-state index is 12.1. The Kier molecular flexibility index (Phi) is 3.47. The largest absolute Gasteiger partial charge is 0.399 e. The third kappa shape index (κ3) is 2.95. The van der Waals surface area contributed by atoms with Gasteiger partial charge in [-0.2, -0.15) is 0 Å². The molecule has 1 aliphatic carbocycles. The number of halogens is 1. The molecule has 1 amide bonds. The number of carbonyl (C=O) groups excluding carboxylic acids is 1. The van der Waals surface area contributed by atoms with Crippen LogP contribution in [0.5, 0.6) is 0 Å². The molecule has 21 heavy (non-hydrogen) atoms. The first-order valence-corrected chi connectivity index (χ1v) is 7.04. The van der Waals surface area contributed by atoms with Crippen LogP contribution in [0.1, 0.15) is 18.9 Å². The highest BCUT2D eigenvalue weighted by atomic mass is 35.5. The Morgan fingerprint density at radius 2 is 2.14 bits per heavy atom. The lowest BCUT2D eigenvalue weighted by molar-refractivity contribution is -0.116. The van der Waals surface area contributed by atoms with Crippen molar-refractivity contribution in [2.24, 2.45) is 0 Å². The molecule has 1 heterocycles.